The van der Waals surface area contributed by atoms with Crippen molar-refractivity contribution >= 4 is 0 Å². The van der Waals surface area contributed by atoms with E-state index in [1.165, 1.54) is 0 Å². The van der Waals surface area contributed by atoms with E-state index in [-0.39, 0.29) is 11.8 Å². The summed E-state index contributed by atoms with van der Waals surface area (Å²) in [5.41, 5.74) is 15.1. The highest BCUT2D eigenvalue weighted by molar-refractivity contribution is 5.62. The molecule has 42 heavy (non-hydrogen) atoms. The molecule has 0 bridgehead atoms. The number of aryl methyl sites for hydroxylation is 4. The number of aromatic hydroxyl groups is 4. The second kappa shape index (κ2) is 11.1. The molecule has 4 N–H and O–H groups in total. The Morgan fingerprint density at radius 2 is 0.476 bits per heavy atom. The first-order valence-electron chi connectivity index (χ1n) is 14.7. The topological polar surface area (TPSA) is 80.9 Å². The molecule has 0 saturated carbocycles. The van der Waals surface area contributed by atoms with Gasteiger partial charge in [0.1, 0.15) is 23.0 Å². The first-order valence-corrected chi connectivity index (χ1v) is 14.7. The van der Waals surface area contributed by atoms with E-state index in [0.717, 1.165) is 89.0 Å². The molecule has 4 heteroatoms. The average molecular weight is 567 g/mol. The predicted molar refractivity (Wildman–Crippen MR) is 173 cm³/mol. The standard InChI is InChI=1S/C38H46O4/c1-17-13-29(21(5)25(9)35(17)39)33(30-14-18(2)36(40)26(10)22(30)6)34(31-15-19(3)37(41)27(11)23(31)7)32-16-20(4)38(42)28(12)24(32)8/h13-16,33-34,39-42H,1-12H3. The highest BCUT2D eigenvalue weighted by atomic mass is 16.3. The summed E-state index contributed by atoms with van der Waals surface area (Å²) >= 11 is 0. The fourth-order valence-corrected chi connectivity index (χ4v) is 6.74. The first kappa shape index (κ1) is 31.0. The van der Waals surface area contributed by atoms with Crippen molar-refractivity contribution in [1.82, 2.24) is 0 Å². The van der Waals surface area contributed by atoms with Gasteiger partial charge in [0.2, 0.25) is 0 Å². The van der Waals surface area contributed by atoms with E-state index in [9.17, 15) is 20.4 Å². The molecule has 4 nitrogen and oxygen atoms in total. The van der Waals surface area contributed by atoms with Crippen LogP contribution in [0.2, 0.25) is 0 Å². The third-order valence-corrected chi connectivity index (χ3v) is 10.1. The van der Waals surface area contributed by atoms with Crippen molar-refractivity contribution in [2.24, 2.45) is 0 Å². The van der Waals surface area contributed by atoms with Crippen LogP contribution in [-0.2, 0) is 0 Å². The van der Waals surface area contributed by atoms with Gasteiger partial charge in [0.05, 0.1) is 0 Å². The number of phenols is 4. The van der Waals surface area contributed by atoms with Crippen LogP contribution in [0.25, 0.3) is 0 Å². The van der Waals surface area contributed by atoms with Crippen molar-refractivity contribution < 1.29 is 20.4 Å². The molecule has 0 aliphatic rings. The van der Waals surface area contributed by atoms with Gasteiger partial charge in [-0.1, -0.05) is 24.3 Å². The molecule has 4 rings (SSSR count). The maximum Gasteiger partial charge on any atom is 0.121 e. The van der Waals surface area contributed by atoms with E-state index < -0.39 is 0 Å². The molecule has 222 valence electrons. The second-order valence-electron chi connectivity index (χ2n) is 12.5. The minimum atomic E-state index is -0.204. The van der Waals surface area contributed by atoms with Crippen LogP contribution in [0, 0.1) is 83.1 Å². The maximum atomic E-state index is 10.9. The number of phenolic OH excluding ortho intramolecular Hbond substituents is 4. The third-order valence-electron chi connectivity index (χ3n) is 10.1. The van der Waals surface area contributed by atoms with Crippen LogP contribution in [0.1, 0.15) is 101 Å². The molecule has 0 atom stereocenters. The SMILES string of the molecule is Cc1cc(C(c2cc(C)c(O)c(C)c2C)C(c2cc(C)c(O)c(C)c2C)c2cc(C)c(O)c(C)c2C)c(C)c(C)c1O. The molecule has 0 spiro atoms. The van der Waals surface area contributed by atoms with Gasteiger partial charge < -0.3 is 20.4 Å². The molecule has 4 aromatic rings. The van der Waals surface area contributed by atoms with Gasteiger partial charge in [-0.15, -0.1) is 0 Å². The number of hydrogen-bond acceptors (Lipinski definition) is 4. The van der Waals surface area contributed by atoms with Crippen molar-refractivity contribution in [3.63, 3.8) is 0 Å². The van der Waals surface area contributed by atoms with E-state index >= 15 is 0 Å². The Morgan fingerprint density at radius 1 is 0.310 bits per heavy atom. The Balaban J connectivity index is 2.30. The van der Waals surface area contributed by atoms with Gasteiger partial charge in [-0.25, -0.2) is 0 Å². The third kappa shape index (κ3) is 4.81. The quantitative estimate of drug-likeness (QED) is 0.194. The van der Waals surface area contributed by atoms with Crippen LogP contribution in [0.5, 0.6) is 23.0 Å². The van der Waals surface area contributed by atoms with Gasteiger partial charge in [-0.3, -0.25) is 0 Å². The summed E-state index contributed by atoms with van der Waals surface area (Å²) < 4.78 is 0. The smallest absolute Gasteiger partial charge is 0.121 e. The maximum absolute atomic E-state index is 10.9. The lowest BCUT2D eigenvalue weighted by Gasteiger charge is -2.36. The van der Waals surface area contributed by atoms with E-state index in [1.807, 2.05) is 55.4 Å². The van der Waals surface area contributed by atoms with Gasteiger partial charge in [0.25, 0.3) is 0 Å². The van der Waals surface area contributed by atoms with Crippen molar-refractivity contribution in [3.05, 3.63) is 113 Å². The average Bonchev–Trinajstić information content (AvgIpc) is 2.96. The number of hydrogen-bond donors (Lipinski definition) is 4. The summed E-state index contributed by atoms with van der Waals surface area (Å²) in [6.07, 6.45) is 0. The van der Waals surface area contributed by atoms with E-state index in [1.54, 1.807) is 0 Å². The molecule has 0 aliphatic carbocycles. The molecule has 0 radical (unpaired) electrons. The Bertz CT molecular complexity index is 1490. The fourth-order valence-electron chi connectivity index (χ4n) is 6.74. The van der Waals surface area contributed by atoms with Crippen LogP contribution >= 0.6 is 0 Å². The summed E-state index contributed by atoms with van der Waals surface area (Å²) in [7, 11) is 0. The van der Waals surface area contributed by atoms with Gasteiger partial charge in [-0.2, -0.15) is 0 Å². The van der Waals surface area contributed by atoms with Crippen LogP contribution in [-0.4, -0.2) is 20.4 Å². The van der Waals surface area contributed by atoms with Gasteiger partial charge in [-0.05, 0) is 172 Å². The van der Waals surface area contributed by atoms with Gasteiger partial charge >= 0.3 is 0 Å². The minimum Gasteiger partial charge on any atom is -0.507 e. The molecule has 0 unspecified atom stereocenters. The Morgan fingerprint density at radius 3 is 0.643 bits per heavy atom. The summed E-state index contributed by atoms with van der Waals surface area (Å²) in [5.74, 6) is 0.820. The largest absolute Gasteiger partial charge is 0.507 e. The van der Waals surface area contributed by atoms with Crippen molar-refractivity contribution in [1.29, 1.82) is 0 Å². The molecule has 0 fully saturated rings. The van der Waals surface area contributed by atoms with Crippen molar-refractivity contribution in [2.75, 3.05) is 0 Å². The van der Waals surface area contributed by atoms with Crippen molar-refractivity contribution in [3.8, 4) is 23.0 Å². The lowest BCUT2D eigenvalue weighted by molar-refractivity contribution is 0.462. The minimum absolute atomic E-state index is 0.204. The Kier molecular flexibility index (Phi) is 8.17. The molecule has 0 amide bonds. The lowest BCUT2D eigenvalue weighted by Crippen LogP contribution is -2.21. The van der Waals surface area contributed by atoms with Crippen LogP contribution in [0.15, 0.2) is 24.3 Å². The van der Waals surface area contributed by atoms with Crippen LogP contribution in [0.4, 0.5) is 0 Å². The van der Waals surface area contributed by atoms with E-state index in [2.05, 4.69) is 52.0 Å². The zero-order valence-corrected chi connectivity index (χ0v) is 27.3. The highest BCUT2D eigenvalue weighted by Gasteiger charge is 2.35. The van der Waals surface area contributed by atoms with Gasteiger partial charge in [0.15, 0.2) is 0 Å². The summed E-state index contributed by atoms with van der Waals surface area (Å²) in [4.78, 5) is 0. The normalized spacial score (nSPS) is 11.7. The molecular weight excluding hydrogens is 520 g/mol. The number of benzene rings is 4. The number of rotatable bonds is 5. The monoisotopic (exact) mass is 566 g/mol. The fraction of sp³-hybridized carbons (Fsp3) is 0.368. The first-order chi connectivity index (χ1) is 19.5. The molecule has 4 aromatic carbocycles. The Hall–Kier alpha value is -3.92. The molecule has 0 saturated heterocycles. The zero-order valence-electron chi connectivity index (χ0n) is 27.3. The van der Waals surface area contributed by atoms with Gasteiger partial charge in [0, 0.05) is 11.8 Å². The highest BCUT2D eigenvalue weighted by Crippen LogP contribution is 2.51. The summed E-state index contributed by atoms with van der Waals surface area (Å²) in [6.45, 7) is 23.9. The Labute approximate surface area is 251 Å². The van der Waals surface area contributed by atoms with Crippen LogP contribution < -0.4 is 0 Å². The molecular formula is C38H46O4. The van der Waals surface area contributed by atoms with Crippen LogP contribution in [0.3, 0.4) is 0 Å². The summed E-state index contributed by atoms with van der Waals surface area (Å²) in [5, 5.41) is 43.7. The molecule has 0 heterocycles. The predicted octanol–water partition coefficient (Wildman–Crippen LogP) is 9.17. The summed E-state index contributed by atoms with van der Waals surface area (Å²) in [6, 6.07) is 8.43. The molecule has 0 aliphatic heterocycles. The van der Waals surface area contributed by atoms with Crippen molar-refractivity contribution in [2.45, 2.75) is 94.9 Å². The van der Waals surface area contributed by atoms with E-state index in [0.29, 0.717) is 23.0 Å². The zero-order chi connectivity index (χ0) is 31.5. The molecule has 0 aromatic heterocycles. The van der Waals surface area contributed by atoms with E-state index in [4.69, 9.17) is 0 Å². The second-order valence-corrected chi connectivity index (χ2v) is 12.5. The lowest BCUT2D eigenvalue weighted by atomic mass is 9.68.